The number of hydrogen-bond acceptors (Lipinski definition) is 4. The summed E-state index contributed by atoms with van der Waals surface area (Å²) in [5.41, 5.74) is 1.37. The molecule has 7 heteroatoms. The summed E-state index contributed by atoms with van der Waals surface area (Å²) < 4.78 is 1.63. The van der Waals surface area contributed by atoms with Gasteiger partial charge in [-0.1, -0.05) is 20.8 Å². The minimum atomic E-state index is -0.775. The number of nitrogens with one attached hydrogen (secondary N) is 1. The van der Waals surface area contributed by atoms with Gasteiger partial charge in [0.2, 0.25) is 0 Å². The van der Waals surface area contributed by atoms with Crippen molar-refractivity contribution in [2.24, 2.45) is 13.0 Å². The molecule has 1 aromatic rings. The van der Waals surface area contributed by atoms with Gasteiger partial charge in [0.15, 0.2) is 0 Å². The van der Waals surface area contributed by atoms with Crippen LogP contribution in [-0.2, 0) is 17.3 Å². The Hall–Kier alpha value is -1.89. The molecule has 2 aliphatic rings. The molecule has 2 saturated carbocycles. The lowest BCUT2D eigenvalue weighted by atomic mass is 9.85. The van der Waals surface area contributed by atoms with E-state index in [9.17, 15) is 9.59 Å². The molecule has 26 heavy (non-hydrogen) atoms. The maximum absolute atomic E-state index is 12.6. The summed E-state index contributed by atoms with van der Waals surface area (Å²) in [6.45, 7) is 7.19. The third-order valence-electron chi connectivity index (χ3n) is 5.37. The fourth-order valence-corrected chi connectivity index (χ4v) is 3.46. The highest BCUT2D eigenvalue weighted by Crippen LogP contribution is 2.34. The Kier molecular flexibility index (Phi) is 5.10. The van der Waals surface area contributed by atoms with Gasteiger partial charge in [-0.3, -0.25) is 19.2 Å². The first kappa shape index (κ1) is 18.9. The largest absolute Gasteiger partial charge is 0.480 e. The summed E-state index contributed by atoms with van der Waals surface area (Å²) >= 11 is 0. The number of aryl methyl sites for hydroxylation is 1. The smallest absolute Gasteiger partial charge is 0.317 e. The lowest BCUT2D eigenvalue weighted by Gasteiger charge is -2.42. The van der Waals surface area contributed by atoms with E-state index in [4.69, 9.17) is 5.11 Å². The second kappa shape index (κ2) is 7.02. The molecule has 0 atom stereocenters. The molecule has 3 rings (SSSR count). The van der Waals surface area contributed by atoms with Gasteiger partial charge in [-0.05, 0) is 37.7 Å². The number of carboxylic acid groups (broad SMARTS) is 1. The zero-order valence-electron chi connectivity index (χ0n) is 16.2. The molecule has 7 nitrogen and oxygen atoms in total. The predicted molar refractivity (Wildman–Crippen MR) is 98.1 cm³/mol. The lowest BCUT2D eigenvalue weighted by Crippen LogP contribution is -2.55. The van der Waals surface area contributed by atoms with E-state index in [1.54, 1.807) is 11.7 Å². The first-order valence-corrected chi connectivity index (χ1v) is 9.44. The van der Waals surface area contributed by atoms with E-state index in [1.807, 2.05) is 6.07 Å². The van der Waals surface area contributed by atoms with Gasteiger partial charge in [-0.2, -0.15) is 5.10 Å². The SMILES string of the molecule is Cn1nc(C(C)(C)C)cc1C(=O)NC1CC(N(CC(=O)O)CC2CC2)C1. The van der Waals surface area contributed by atoms with Crippen LogP contribution in [0.1, 0.15) is 62.6 Å². The summed E-state index contributed by atoms with van der Waals surface area (Å²) in [4.78, 5) is 25.7. The Morgan fingerprint density at radius 2 is 2.00 bits per heavy atom. The van der Waals surface area contributed by atoms with E-state index in [0.717, 1.165) is 25.1 Å². The van der Waals surface area contributed by atoms with Crippen molar-refractivity contribution in [2.75, 3.05) is 13.1 Å². The van der Waals surface area contributed by atoms with Gasteiger partial charge in [-0.15, -0.1) is 0 Å². The standard InChI is InChI=1S/C19H30N4O3/c1-19(2,3)16-9-15(22(4)21-16)18(26)20-13-7-14(8-13)23(11-17(24)25)10-12-5-6-12/h9,12-14H,5-8,10-11H2,1-4H3,(H,20,26)(H,24,25). The van der Waals surface area contributed by atoms with Crippen LogP contribution in [0.25, 0.3) is 0 Å². The zero-order valence-corrected chi connectivity index (χ0v) is 16.2. The lowest BCUT2D eigenvalue weighted by molar-refractivity contribution is -0.139. The molecule has 0 spiro atoms. The Morgan fingerprint density at radius 1 is 1.35 bits per heavy atom. The van der Waals surface area contributed by atoms with E-state index in [2.05, 4.69) is 36.1 Å². The van der Waals surface area contributed by atoms with E-state index < -0.39 is 5.97 Å². The summed E-state index contributed by atoms with van der Waals surface area (Å²) in [5, 5.41) is 16.6. The van der Waals surface area contributed by atoms with Crippen molar-refractivity contribution in [1.82, 2.24) is 20.0 Å². The number of hydrogen-bond donors (Lipinski definition) is 2. The van der Waals surface area contributed by atoms with Crippen molar-refractivity contribution in [3.8, 4) is 0 Å². The van der Waals surface area contributed by atoms with Crippen LogP contribution >= 0.6 is 0 Å². The number of aromatic nitrogens is 2. The van der Waals surface area contributed by atoms with Crippen LogP contribution in [-0.4, -0.2) is 56.8 Å². The van der Waals surface area contributed by atoms with Crippen molar-refractivity contribution < 1.29 is 14.7 Å². The molecule has 0 aromatic carbocycles. The molecule has 1 aromatic heterocycles. The minimum Gasteiger partial charge on any atom is -0.480 e. The van der Waals surface area contributed by atoms with E-state index in [0.29, 0.717) is 11.6 Å². The molecule has 144 valence electrons. The fraction of sp³-hybridized carbons (Fsp3) is 0.737. The number of nitrogens with zero attached hydrogens (tertiary/aromatic N) is 3. The van der Waals surface area contributed by atoms with Crippen LogP contribution < -0.4 is 5.32 Å². The third kappa shape index (κ3) is 4.44. The highest BCUT2D eigenvalue weighted by Gasteiger charge is 2.38. The number of amides is 1. The quantitative estimate of drug-likeness (QED) is 0.772. The van der Waals surface area contributed by atoms with Crippen molar-refractivity contribution in [3.05, 3.63) is 17.5 Å². The topological polar surface area (TPSA) is 87.5 Å². The average molecular weight is 362 g/mol. The second-order valence-corrected chi connectivity index (χ2v) is 8.85. The van der Waals surface area contributed by atoms with Gasteiger partial charge in [-0.25, -0.2) is 0 Å². The molecule has 0 unspecified atom stereocenters. The number of carbonyl (C=O) groups is 2. The normalized spacial score (nSPS) is 23.0. The molecular weight excluding hydrogens is 332 g/mol. The molecule has 2 N–H and O–H groups in total. The van der Waals surface area contributed by atoms with Crippen LogP contribution in [0.3, 0.4) is 0 Å². The van der Waals surface area contributed by atoms with Crippen LogP contribution in [0.4, 0.5) is 0 Å². The average Bonchev–Trinajstić information content (AvgIpc) is 3.19. The van der Waals surface area contributed by atoms with Crippen molar-refractivity contribution in [3.63, 3.8) is 0 Å². The van der Waals surface area contributed by atoms with Crippen LogP contribution in [0.5, 0.6) is 0 Å². The summed E-state index contributed by atoms with van der Waals surface area (Å²) in [6.07, 6.45) is 4.05. The number of carboxylic acids is 1. The van der Waals surface area contributed by atoms with Gasteiger partial charge in [0.25, 0.3) is 5.91 Å². The summed E-state index contributed by atoms with van der Waals surface area (Å²) in [5.74, 6) is -0.220. The molecule has 2 aliphatic carbocycles. The van der Waals surface area contributed by atoms with Crippen molar-refractivity contribution >= 4 is 11.9 Å². The van der Waals surface area contributed by atoms with E-state index in [-0.39, 0.29) is 30.0 Å². The maximum Gasteiger partial charge on any atom is 0.317 e. The molecule has 2 fully saturated rings. The maximum atomic E-state index is 12.6. The molecule has 0 radical (unpaired) electrons. The van der Waals surface area contributed by atoms with Gasteiger partial charge >= 0.3 is 5.97 Å². The van der Waals surface area contributed by atoms with E-state index >= 15 is 0 Å². The van der Waals surface area contributed by atoms with Crippen molar-refractivity contribution in [2.45, 2.75) is 64.0 Å². The van der Waals surface area contributed by atoms with Crippen molar-refractivity contribution in [1.29, 1.82) is 0 Å². The monoisotopic (exact) mass is 362 g/mol. The van der Waals surface area contributed by atoms with Gasteiger partial charge in [0.1, 0.15) is 5.69 Å². The minimum absolute atomic E-state index is 0.0957. The number of carbonyl (C=O) groups excluding carboxylic acids is 1. The second-order valence-electron chi connectivity index (χ2n) is 8.85. The first-order valence-electron chi connectivity index (χ1n) is 9.44. The Labute approximate surface area is 154 Å². The fourth-order valence-electron chi connectivity index (χ4n) is 3.46. The van der Waals surface area contributed by atoms with Gasteiger partial charge in [0.05, 0.1) is 12.2 Å². The van der Waals surface area contributed by atoms with Crippen LogP contribution in [0.15, 0.2) is 6.07 Å². The Balaban J connectivity index is 1.54. The number of aliphatic carboxylic acids is 1. The Bertz CT molecular complexity index is 681. The zero-order chi connectivity index (χ0) is 19.1. The molecule has 0 bridgehead atoms. The van der Waals surface area contributed by atoms with Gasteiger partial charge < -0.3 is 10.4 Å². The summed E-state index contributed by atoms with van der Waals surface area (Å²) in [7, 11) is 1.79. The molecular formula is C19H30N4O3. The molecule has 1 amide bonds. The highest BCUT2D eigenvalue weighted by molar-refractivity contribution is 5.93. The Morgan fingerprint density at radius 3 is 2.50 bits per heavy atom. The van der Waals surface area contributed by atoms with E-state index in [1.165, 1.54) is 12.8 Å². The molecule has 1 heterocycles. The van der Waals surface area contributed by atoms with Crippen LogP contribution in [0, 0.1) is 5.92 Å². The van der Waals surface area contributed by atoms with Crippen LogP contribution in [0.2, 0.25) is 0 Å². The molecule has 0 saturated heterocycles. The predicted octanol–water partition coefficient (Wildman–Crippen LogP) is 1.77. The highest BCUT2D eigenvalue weighted by atomic mass is 16.4. The van der Waals surface area contributed by atoms with Gasteiger partial charge in [0, 0.05) is 31.1 Å². The summed E-state index contributed by atoms with van der Waals surface area (Å²) in [6, 6.07) is 2.22. The number of rotatable bonds is 7. The first-order chi connectivity index (χ1) is 12.1. The molecule has 0 aliphatic heterocycles. The third-order valence-corrected chi connectivity index (χ3v) is 5.37.